The highest BCUT2D eigenvalue weighted by Gasteiger charge is 2.04. The van der Waals surface area contributed by atoms with Crippen molar-refractivity contribution in [2.45, 2.75) is 9.96 Å². The molecule has 2 rings (SSSR count). The molecule has 0 radical (unpaired) electrons. The van der Waals surface area contributed by atoms with Gasteiger partial charge in [0.2, 0.25) is 0 Å². The molecule has 0 amide bonds. The topological polar surface area (TPSA) is 51.8 Å². The third kappa shape index (κ3) is 2.20. The Balaban J connectivity index is 1.97. The van der Waals surface area contributed by atoms with Crippen molar-refractivity contribution in [2.75, 3.05) is 5.73 Å². The van der Waals surface area contributed by atoms with Gasteiger partial charge in [0, 0.05) is 17.3 Å². The number of thiophene rings is 1. The van der Waals surface area contributed by atoms with E-state index in [1.54, 1.807) is 23.1 Å². The molecule has 6 heteroatoms. The van der Waals surface area contributed by atoms with Crippen molar-refractivity contribution < 1.29 is 0 Å². The van der Waals surface area contributed by atoms with E-state index >= 15 is 0 Å². The van der Waals surface area contributed by atoms with Gasteiger partial charge in [0.05, 0.1) is 4.21 Å². The predicted molar refractivity (Wildman–Crippen MR) is 58.2 cm³/mol. The number of aromatic nitrogens is 2. The Kier molecular flexibility index (Phi) is 2.82. The lowest BCUT2D eigenvalue weighted by Gasteiger charge is -1.94. The van der Waals surface area contributed by atoms with Crippen LogP contribution in [0.3, 0.4) is 0 Å². The first-order chi connectivity index (χ1) is 6.36. The summed E-state index contributed by atoms with van der Waals surface area (Å²) in [5.74, 6) is 0.808. The summed E-state index contributed by atoms with van der Waals surface area (Å²) in [4.78, 5) is 0. The van der Waals surface area contributed by atoms with E-state index in [1.165, 1.54) is 15.7 Å². The molecule has 0 aromatic carbocycles. The summed E-state index contributed by atoms with van der Waals surface area (Å²) in [5.41, 5.74) is 6.56. The number of nitrogens with two attached hydrogens (primary N) is 1. The van der Waals surface area contributed by atoms with Crippen LogP contribution in [-0.2, 0) is 5.75 Å². The number of anilines is 1. The summed E-state index contributed by atoms with van der Waals surface area (Å²) in [6.07, 6.45) is 0. The Bertz CT molecular complexity index is 368. The first kappa shape index (κ1) is 8.98. The average Bonchev–Trinajstić information content (AvgIpc) is 2.72. The summed E-state index contributed by atoms with van der Waals surface area (Å²) in [6, 6.07) is 4.13. The molecule has 0 unspecified atom stereocenters. The molecular formula is C7H7N3S3. The molecular weight excluding hydrogens is 222 g/mol. The Morgan fingerprint density at radius 2 is 2.46 bits per heavy atom. The van der Waals surface area contributed by atoms with Crippen LogP contribution in [0.4, 0.5) is 5.00 Å². The second-order valence-electron chi connectivity index (χ2n) is 2.30. The lowest BCUT2D eigenvalue weighted by atomic mass is 10.5. The zero-order chi connectivity index (χ0) is 9.10. The molecule has 2 aromatic heterocycles. The number of nitrogens with zero attached hydrogens (tertiary/aromatic N) is 2. The van der Waals surface area contributed by atoms with Gasteiger partial charge in [-0.05, 0) is 11.4 Å². The maximum absolute atomic E-state index is 5.66. The normalized spacial score (nSPS) is 10.5. The monoisotopic (exact) mass is 229 g/mol. The van der Waals surface area contributed by atoms with Crippen LogP contribution in [-0.4, -0.2) is 9.59 Å². The van der Waals surface area contributed by atoms with Crippen molar-refractivity contribution in [3.8, 4) is 0 Å². The molecule has 0 spiro atoms. The molecule has 0 saturated carbocycles. The molecule has 0 bridgehead atoms. The zero-order valence-corrected chi connectivity index (χ0v) is 9.09. The minimum Gasteiger partial charge on any atom is -0.388 e. The van der Waals surface area contributed by atoms with Crippen LogP contribution in [0, 0.1) is 0 Å². The zero-order valence-electron chi connectivity index (χ0n) is 6.64. The van der Waals surface area contributed by atoms with Crippen molar-refractivity contribution in [3.05, 3.63) is 23.2 Å². The van der Waals surface area contributed by atoms with E-state index in [9.17, 15) is 0 Å². The molecule has 2 aromatic rings. The van der Waals surface area contributed by atoms with Crippen LogP contribution in [0.5, 0.6) is 0 Å². The van der Waals surface area contributed by atoms with E-state index in [0.29, 0.717) is 0 Å². The molecule has 0 saturated heterocycles. The summed E-state index contributed by atoms with van der Waals surface area (Å²) in [7, 11) is 0. The van der Waals surface area contributed by atoms with Crippen molar-refractivity contribution >= 4 is 39.6 Å². The van der Waals surface area contributed by atoms with Crippen LogP contribution in [0.2, 0.25) is 0 Å². The van der Waals surface area contributed by atoms with Gasteiger partial charge in [-0.15, -0.1) is 28.2 Å². The van der Waals surface area contributed by atoms with Gasteiger partial charge < -0.3 is 5.73 Å². The highest BCUT2D eigenvalue weighted by molar-refractivity contribution is 8.00. The SMILES string of the molecule is Nc1snnc1CSc1cccs1. The number of nitrogen functional groups attached to an aromatic ring is 1. The lowest BCUT2D eigenvalue weighted by molar-refractivity contribution is 1.08. The number of hydrogen-bond acceptors (Lipinski definition) is 6. The fourth-order valence-electron chi connectivity index (χ4n) is 0.801. The van der Waals surface area contributed by atoms with Crippen molar-refractivity contribution in [1.29, 1.82) is 0 Å². The maximum Gasteiger partial charge on any atom is 0.131 e. The van der Waals surface area contributed by atoms with Crippen LogP contribution >= 0.6 is 34.6 Å². The lowest BCUT2D eigenvalue weighted by Crippen LogP contribution is -1.87. The molecule has 0 aliphatic rings. The van der Waals surface area contributed by atoms with Crippen LogP contribution in [0.1, 0.15) is 5.69 Å². The Labute approximate surface area is 88.1 Å². The second-order valence-corrected chi connectivity index (χ2v) is 5.31. The summed E-state index contributed by atoms with van der Waals surface area (Å²) >= 11 is 4.72. The standard InChI is InChI=1S/C7H7N3S3/c8-7-5(9-10-13-7)4-12-6-2-1-3-11-6/h1-3H,4,8H2. The predicted octanol–water partition coefficient (Wildman–Crippen LogP) is 2.47. The van der Waals surface area contributed by atoms with E-state index in [4.69, 9.17) is 5.73 Å². The van der Waals surface area contributed by atoms with E-state index in [0.717, 1.165) is 16.4 Å². The molecule has 2 N–H and O–H groups in total. The highest BCUT2D eigenvalue weighted by atomic mass is 32.2. The quantitative estimate of drug-likeness (QED) is 0.821. The minimum atomic E-state index is 0.726. The van der Waals surface area contributed by atoms with E-state index in [1.807, 2.05) is 6.07 Å². The largest absolute Gasteiger partial charge is 0.388 e. The first-order valence-electron chi connectivity index (χ1n) is 3.59. The summed E-state index contributed by atoms with van der Waals surface area (Å²) in [5, 5.41) is 6.73. The smallest absolute Gasteiger partial charge is 0.131 e. The van der Waals surface area contributed by atoms with Gasteiger partial charge in [0.15, 0.2) is 0 Å². The first-order valence-corrected chi connectivity index (χ1v) is 6.23. The van der Waals surface area contributed by atoms with Crippen LogP contribution < -0.4 is 5.73 Å². The van der Waals surface area contributed by atoms with E-state index in [2.05, 4.69) is 21.0 Å². The van der Waals surface area contributed by atoms with Gasteiger partial charge in [-0.3, -0.25) is 0 Å². The van der Waals surface area contributed by atoms with Gasteiger partial charge >= 0.3 is 0 Å². The van der Waals surface area contributed by atoms with Gasteiger partial charge in [0.25, 0.3) is 0 Å². The van der Waals surface area contributed by atoms with Gasteiger partial charge in [-0.25, -0.2) is 0 Å². The third-order valence-corrected chi connectivity index (χ3v) is 4.17. The van der Waals surface area contributed by atoms with E-state index < -0.39 is 0 Å². The van der Waals surface area contributed by atoms with Crippen molar-refractivity contribution in [3.63, 3.8) is 0 Å². The highest BCUT2D eigenvalue weighted by Crippen LogP contribution is 2.28. The molecule has 0 aliphatic carbocycles. The second kappa shape index (κ2) is 4.08. The third-order valence-electron chi connectivity index (χ3n) is 1.43. The number of rotatable bonds is 3. The molecule has 2 heterocycles. The molecule has 0 aliphatic heterocycles. The van der Waals surface area contributed by atoms with Gasteiger partial charge in [-0.2, -0.15) is 0 Å². The average molecular weight is 229 g/mol. The molecule has 0 fully saturated rings. The van der Waals surface area contributed by atoms with Crippen molar-refractivity contribution in [1.82, 2.24) is 9.59 Å². The molecule has 3 nitrogen and oxygen atoms in total. The fraction of sp³-hybridized carbons (Fsp3) is 0.143. The Hall–Kier alpha value is -0.590. The van der Waals surface area contributed by atoms with Crippen LogP contribution in [0.25, 0.3) is 0 Å². The number of hydrogen-bond donors (Lipinski definition) is 1. The van der Waals surface area contributed by atoms with Crippen LogP contribution in [0.15, 0.2) is 21.7 Å². The van der Waals surface area contributed by atoms with E-state index in [-0.39, 0.29) is 0 Å². The minimum absolute atomic E-state index is 0.726. The number of thioether (sulfide) groups is 1. The Morgan fingerprint density at radius 1 is 1.54 bits per heavy atom. The molecule has 0 atom stereocenters. The maximum atomic E-state index is 5.66. The Morgan fingerprint density at radius 3 is 3.08 bits per heavy atom. The molecule has 68 valence electrons. The summed E-state index contributed by atoms with van der Waals surface area (Å²) < 4.78 is 5.06. The van der Waals surface area contributed by atoms with Crippen molar-refractivity contribution in [2.24, 2.45) is 0 Å². The van der Waals surface area contributed by atoms with Gasteiger partial charge in [0.1, 0.15) is 10.7 Å². The van der Waals surface area contributed by atoms with Gasteiger partial charge in [-0.1, -0.05) is 10.6 Å². The summed E-state index contributed by atoms with van der Waals surface area (Å²) in [6.45, 7) is 0. The molecule has 13 heavy (non-hydrogen) atoms. The fourth-order valence-corrected chi connectivity index (χ4v) is 3.07.